The van der Waals surface area contributed by atoms with Crippen molar-refractivity contribution in [2.45, 2.75) is 13.2 Å². The zero-order valence-electron chi connectivity index (χ0n) is 12.5. The molecule has 3 nitrogen and oxygen atoms in total. The summed E-state index contributed by atoms with van der Waals surface area (Å²) in [6.07, 6.45) is 0. The lowest BCUT2D eigenvalue weighted by molar-refractivity contribution is 0.107. The van der Waals surface area contributed by atoms with Crippen molar-refractivity contribution >= 4 is 10.8 Å². The van der Waals surface area contributed by atoms with Gasteiger partial charge < -0.3 is 4.74 Å². The van der Waals surface area contributed by atoms with Crippen LogP contribution in [0.25, 0.3) is 10.8 Å². The number of nitriles is 2. The highest BCUT2D eigenvalue weighted by Gasteiger charge is 2.11. The van der Waals surface area contributed by atoms with Crippen LogP contribution in [0.2, 0.25) is 0 Å². The van der Waals surface area contributed by atoms with Crippen molar-refractivity contribution in [3.63, 3.8) is 0 Å². The van der Waals surface area contributed by atoms with E-state index < -0.39 is 0 Å². The summed E-state index contributed by atoms with van der Waals surface area (Å²) in [5, 5.41) is 20.5. The molecule has 3 aromatic carbocycles. The first-order chi connectivity index (χ1) is 11.3. The van der Waals surface area contributed by atoms with Crippen molar-refractivity contribution in [2.75, 3.05) is 0 Å². The van der Waals surface area contributed by atoms with Crippen LogP contribution in [-0.2, 0) is 18.0 Å². The van der Waals surface area contributed by atoms with Crippen molar-refractivity contribution in [1.29, 1.82) is 10.5 Å². The molecule has 0 aliphatic carbocycles. The van der Waals surface area contributed by atoms with E-state index in [0.717, 1.165) is 21.9 Å². The van der Waals surface area contributed by atoms with Crippen LogP contribution >= 0.6 is 0 Å². The topological polar surface area (TPSA) is 56.8 Å². The molecular weight excluding hydrogens is 284 g/mol. The fourth-order valence-corrected chi connectivity index (χ4v) is 2.62. The summed E-state index contributed by atoms with van der Waals surface area (Å²) in [5.74, 6) is 0. The Kier molecular flexibility index (Phi) is 4.34. The smallest absolute Gasteiger partial charge is 0.100 e. The fraction of sp³-hybridized carbons (Fsp3) is 0.100. The van der Waals surface area contributed by atoms with Crippen molar-refractivity contribution in [3.8, 4) is 12.1 Å². The molecule has 110 valence electrons. The third kappa shape index (κ3) is 3.06. The Morgan fingerprint density at radius 2 is 1.48 bits per heavy atom. The lowest BCUT2D eigenvalue weighted by Crippen LogP contribution is -1.99. The number of fused-ring (bicyclic) bond motifs is 1. The monoisotopic (exact) mass is 298 g/mol. The molecule has 23 heavy (non-hydrogen) atoms. The first-order valence-corrected chi connectivity index (χ1v) is 7.30. The van der Waals surface area contributed by atoms with Crippen LogP contribution in [0.15, 0.2) is 60.7 Å². The number of nitrogens with zero attached hydrogens (tertiary/aromatic N) is 2. The molecule has 0 atom stereocenters. The zero-order valence-corrected chi connectivity index (χ0v) is 12.5. The molecule has 0 unspecified atom stereocenters. The van der Waals surface area contributed by atoms with Gasteiger partial charge in [-0.3, -0.25) is 0 Å². The van der Waals surface area contributed by atoms with E-state index in [4.69, 9.17) is 4.74 Å². The van der Waals surface area contributed by atoms with Gasteiger partial charge in [-0.2, -0.15) is 10.5 Å². The molecule has 0 aromatic heterocycles. The summed E-state index contributed by atoms with van der Waals surface area (Å²) in [4.78, 5) is 0. The molecule has 0 bridgehead atoms. The molecule has 0 fully saturated rings. The van der Waals surface area contributed by atoms with Gasteiger partial charge in [-0.25, -0.2) is 0 Å². The fourth-order valence-electron chi connectivity index (χ4n) is 2.62. The van der Waals surface area contributed by atoms with Crippen LogP contribution in [0, 0.1) is 22.7 Å². The van der Waals surface area contributed by atoms with E-state index in [2.05, 4.69) is 12.1 Å². The molecule has 0 aliphatic heterocycles. The van der Waals surface area contributed by atoms with Crippen molar-refractivity contribution in [1.82, 2.24) is 0 Å². The minimum Gasteiger partial charge on any atom is -0.372 e. The van der Waals surface area contributed by atoms with E-state index in [0.29, 0.717) is 24.3 Å². The van der Waals surface area contributed by atoms with Gasteiger partial charge in [-0.15, -0.1) is 0 Å². The van der Waals surface area contributed by atoms with E-state index in [9.17, 15) is 10.5 Å². The van der Waals surface area contributed by atoms with Gasteiger partial charge in [0.15, 0.2) is 0 Å². The van der Waals surface area contributed by atoms with Crippen molar-refractivity contribution in [2.24, 2.45) is 0 Å². The number of rotatable bonds is 4. The Balaban J connectivity index is 1.91. The van der Waals surface area contributed by atoms with E-state index in [1.807, 2.05) is 54.6 Å². The van der Waals surface area contributed by atoms with Gasteiger partial charge in [0.2, 0.25) is 0 Å². The number of hydrogen-bond acceptors (Lipinski definition) is 3. The Hall–Kier alpha value is -3.14. The lowest BCUT2D eigenvalue weighted by atomic mass is 9.96. The second-order valence-corrected chi connectivity index (χ2v) is 5.21. The van der Waals surface area contributed by atoms with Crippen LogP contribution in [0.3, 0.4) is 0 Å². The summed E-state index contributed by atoms with van der Waals surface area (Å²) in [5.41, 5.74) is 2.97. The molecule has 0 saturated carbocycles. The van der Waals surface area contributed by atoms with E-state index in [1.54, 1.807) is 6.07 Å². The molecule has 0 amide bonds. The Morgan fingerprint density at radius 1 is 0.783 bits per heavy atom. The normalized spacial score (nSPS) is 10.2. The SMILES string of the molecule is N#Cc1cc(COCc2ccccc2)c(C#N)c2ccccc12. The van der Waals surface area contributed by atoms with Gasteiger partial charge in [0.25, 0.3) is 0 Å². The number of hydrogen-bond donors (Lipinski definition) is 0. The van der Waals surface area contributed by atoms with E-state index in [1.165, 1.54) is 0 Å². The van der Waals surface area contributed by atoms with Crippen LogP contribution in [0.1, 0.15) is 22.3 Å². The molecule has 3 heteroatoms. The molecule has 3 aromatic rings. The standard InChI is InChI=1S/C20H14N2O/c21-11-16-10-17(14-23-13-15-6-2-1-3-7-15)20(12-22)19-9-5-4-8-18(16)19/h1-10H,13-14H2. The van der Waals surface area contributed by atoms with Crippen LogP contribution in [0.5, 0.6) is 0 Å². The quantitative estimate of drug-likeness (QED) is 0.721. The van der Waals surface area contributed by atoms with Crippen molar-refractivity contribution in [3.05, 3.63) is 82.9 Å². The zero-order chi connectivity index (χ0) is 16.1. The average molecular weight is 298 g/mol. The molecule has 0 radical (unpaired) electrons. The molecule has 0 saturated heterocycles. The summed E-state index contributed by atoms with van der Waals surface area (Å²) < 4.78 is 5.74. The van der Waals surface area contributed by atoms with E-state index >= 15 is 0 Å². The van der Waals surface area contributed by atoms with Crippen LogP contribution < -0.4 is 0 Å². The van der Waals surface area contributed by atoms with Gasteiger partial charge in [-0.05, 0) is 17.2 Å². The van der Waals surface area contributed by atoms with Crippen LogP contribution in [0.4, 0.5) is 0 Å². The van der Waals surface area contributed by atoms with E-state index in [-0.39, 0.29) is 0 Å². The molecule has 3 rings (SSSR count). The predicted octanol–water partition coefficient (Wildman–Crippen LogP) is 4.30. The maximum Gasteiger partial charge on any atom is 0.100 e. The number of benzene rings is 3. The minimum atomic E-state index is 0.303. The van der Waals surface area contributed by atoms with Gasteiger partial charge in [0.1, 0.15) is 6.07 Å². The molecular formula is C20H14N2O. The highest BCUT2D eigenvalue weighted by molar-refractivity contribution is 5.93. The Morgan fingerprint density at radius 3 is 2.17 bits per heavy atom. The average Bonchev–Trinajstić information content (AvgIpc) is 2.61. The second kappa shape index (κ2) is 6.75. The maximum atomic E-state index is 9.51. The largest absolute Gasteiger partial charge is 0.372 e. The first-order valence-electron chi connectivity index (χ1n) is 7.30. The maximum absolute atomic E-state index is 9.51. The lowest BCUT2D eigenvalue weighted by Gasteiger charge is -2.10. The van der Waals surface area contributed by atoms with Gasteiger partial charge in [-0.1, -0.05) is 54.6 Å². The first kappa shape index (κ1) is 14.8. The van der Waals surface area contributed by atoms with Gasteiger partial charge in [0, 0.05) is 10.8 Å². The Bertz CT molecular complexity index is 918. The molecule has 0 aliphatic rings. The van der Waals surface area contributed by atoms with Gasteiger partial charge >= 0.3 is 0 Å². The third-order valence-corrected chi connectivity index (χ3v) is 3.73. The highest BCUT2D eigenvalue weighted by atomic mass is 16.5. The van der Waals surface area contributed by atoms with Crippen molar-refractivity contribution < 1.29 is 4.74 Å². The summed E-state index contributed by atoms with van der Waals surface area (Å²) >= 11 is 0. The number of ether oxygens (including phenoxy) is 1. The summed E-state index contributed by atoms with van der Waals surface area (Å²) in [7, 11) is 0. The third-order valence-electron chi connectivity index (χ3n) is 3.73. The molecule has 0 N–H and O–H groups in total. The molecule has 0 spiro atoms. The minimum absolute atomic E-state index is 0.303. The van der Waals surface area contributed by atoms with Crippen LogP contribution in [-0.4, -0.2) is 0 Å². The second-order valence-electron chi connectivity index (χ2n) is 5.21. The summed E-state index contributed by atoms with van der Waals surface area (Å²) in [6, 6.07) is 23.6. The molecule has 0 heterocycles. The predicted molar refractivity (Wildman–Crippen MR) is 88.3 cm³/mol. The Labute approximate surface area is 135 Å². The van der Waals surface area contributed by atoms with Gasteiger partial charge in [0.05, 0.1) is 30.4 Å². The highest BCUT2D eigenvalue weighted by Crippen LogP contribution is 2.26. The summed E-state index contributed by atoms with van der Waals surface area (Å²) in [6.45, 7) is 0.776.